The van der Waals surface area contributed by atoms with Crippen LogP contribution in [-0.2, 0) is 4.79 Å². The van der Waals surface area contributed by atoms with Crippen molar-refractivity contribution in [2.75, 3.05) is 0 Å². The van der Waals surface area contributed by atoms with Crippen LogP contribution in [0.25, 0.3) is 10.8 Å². The van der Waals surface area contributed by atoms with Crippen LogP contribution < -0.4 is 5.32 Å². The average Bonchev–Trinajstić information content (AvgIpc) is 2.44. The highest BCUT2D eigenvalue weighted by atomic mass is 16.4. The van der Waals surface area contributed by atoms with Crippen LogP contribution >= 0.6 is 0 Å². The number of hydrogen-bond acceptors (Lipinski definition) is 4. The van der Waals surface area contributed by atoms with Crippen molar-refractivity contribution >= 4 is 22.6 Å². The quantitative estimate of drug-likeness (QED) is 0.674. The number of fused-ring (bicyclic) bond motifs is 1. The highest BCUT2D eigenvalue weighted by molar-refractivity contribution is 6.04. The lowest BCUT2D eigenvalue weighted by atomic mass is 10.0. The van der Waals surface area contributed by atoms with Crippen LogP contribution in [0.2, 0.25) is 0 Å². The standard InChI is InChI=1S/C15H15NO5/c1-8(17)12(15(20)21)16-14(19)11-7-6-9-4-2-3-5-10(9)13(11)18/h2-8,12,17-18H,1H3,(H,16,19)(H,20,21). The molecule has 0 fully saturated rings. The summed E-state index contributed by atoms with van der Waals surface area (Å²) in [5.41, 5.74) is -0.0411. The number of aromatic hydroxyl groups is 1. The van der Waals surface area contributed by atoms with E-state index in [9.17, 15) is 19.8 Å². The number of aliphatic carboxylic acids is 1. The molecule has 2 rings (SSSR count). The molecule has 1 amide bonds. The summed E-state index contributed by atoms with van der Waals surface area (Å²) in [6.07, 6.45) is -1.26. The van der Waals surface area contributed by atoms with Gasteiger partial charge >= 0.3 is 5.97 Å². The summed E-state index contributed by atoms with van der Waals surface area (Å²) in [5.74, 6) is -2.33. The minimum absolute atomic E-state index is 0.0411. The first-order valence-electron chi connectivity index (χ1n) is 6.34. The van der Waals surface area contributed by atoms with E-state index in [0.29, 0.717) is 5.39 Å². The molecule has 0 saturated heterocycles. The van der Waals surface area contributed by atoms with Gasteiger partial charge in [0.15, 0.2) is 6.04 Å². The Labute approximate surface area is 120 Å². The van der Waals surface area contributed by atoms with E-state index >= 15 is 0 Å². The van der Waals surface area contributed by atoms with E-state index in [0.717, 1.165) is 5.39 Å². The Bertz CT molecular complexity index is 696. The molecule has 2 unspecified atom stereocenters. The van der Waals surface area contributed by atoms with E-state index in [4.69, 9.17) is 5.11 Å². The lowest BCUT2D eigenvalue weighted by molar-refractivity contribution is -0.141. The van der Waals surface area contributed by atoms with Crippen LogP contribution in [0.4, 0.5) is 0 Å². The summed E-state index contributed by atoms with van der Waals surface area (Å²) in [6, 6.07) is 8.59. The van der Waals surface area contributed by atoms with Crippen LogP contribution in [-0.4, -0.2) is 39.3 Å². The molecule has 0 spiro atoms. The highest BCUT2D eigenvalue weighted by Gasteiger charge is 2.26. The molecule has 6 nitrogen and oxygen atoms in total. The number of rotatable bonds is 4. The first-order chi connectivity index (χ1) is 9.91. The molecule has 6 heteroatoms. The zero-order valence-electron chi connectivity index (χ0n) is 11.3. The number of nitrogens with one attached hydrogen (secondary N) is 1. The first-order valence-corrected chi connectivity index (χ1v) is 6.34. The maximum atomic E-state index is 12.1. The number of phenols is 1. The zero-order valence-corrected chi connectivity index (χ0v) is 11.3. The average molecular weight is 289 g/mol. The van der Waals surface area contributed by atoms with Crippen molar-refractivity contribution in [1.29, 1.82) is 0 Å². The predicted octanol–water partition coefficient (Wildman–Crippen LogP) is 1.11. The van der Waals surface area contributed by atoms with Gasteiger partial charge in [0.25, 0.3) is 5.91 Å². The number of hydrogen-bond donors (Lipinski definition) is 4. The van der Waals surface area contributed by atoms with Crippen LogP contribution in [0.1, 0.15) is 17.3 Å². The second kappa shape index (κ2) is 5.80. The van der Waals surface area contributed by atoms with Crippen LogP contribution in [0, 0.1) is 0 Å². The summed E-state index contributed by atoms with van der Waals surface area (Å²) in [7, 11) is 0. The van der Waals surface area contributed by atoms with Gasteiger partial charge in [0.05, 0.1) is 11.7 Å². The molecule has 4 N–H and O–H groups in total. The van der Waals surface area contributed by atoms with Crippen molar-refractivity contribution in [1.82, 2.24) is 5.32 Å². The Hall–Kier alpha value is -2.60. The maximum Gasteiger partial charge on any atom is 0.328 e. The number of carbonyl (C=O) groups excluding carboxylic acids is 1. The van der Waals surface area contributed by atoms with E-state index < -0.39 is 24.0 Å². The van der Waals surface area contributed by atoms with Crippen LogP contribution in [0.15, 0.2) is 36.4 Å². The summed E-state index contributed by atoms with van der Waals surface area (Å²) < 4.78 is 0. The molecule has 0 aromatic heterocycles. The number of phenolic OH excluding ortho intramolecular Hbond substituents is 1. The number of amides is 1. The van der Waals surface area contributed by atoms with Gasteiger partial charge in [-0.3, -0.25) is 4.79 Å². The number of carboxylic acids is 1. The number of aliphatic hydroxyl groups excluding tert-OH is 1. The van der Waals surface area contributed by atoms with Gasteiger partial charge in [-0.1, -0.05) is 30.3 Å². The van der Waals surface area contributed by atoms with Crippen molar-refractivity contribution < 1.29 is 24.9 Å². The number of carboxylic acid groups (broad SMARTS) is 1. The fourth-order valence-electron chi connectivity index (χ4n) is 2.05. The topological polar surface area (TPSA) is 107 Å². The predicted molar refractivity (Wildman–Crippen MR) is 76.2 cm³/mol. The molecule has 2 aromatic rings. The van der Waals surface area contributed by atoms with Crippen molar-refractivity contribution in [3.05, 3.63) is 42.0 Å². The Kier molecular flexibility index (Phi) is 4.09. The molecule has 0 aliphatic heterocycles. The maximum absolute atomic E-state index is 12.1. The largest absolute Gasteiger partial charge is 0.506 e. The molecule has 2 aromatic carbocycles. The molecule has 0 bridgehead atoms. The Morgan fingerprint density at radius 3 is 2.43 bits per heavy atom. The highest BCUT2D eigenvalue weighted by Crippen LogP contribution is 2.28. The monoisotopic (exact) mass is 289 g/mol. The van der Waals surface area contributed by atoms with Crippen LogP contribution in [0.5, 0.6) is 5.75 Å². The van der Waals surface area contributed by atoms with Crippen molar-refractivity contribution in [2.24, 2.45) is 0 Å². The number of carbonyl (C=O) groups is 2. The van der Waals surface area contributed by atoms with E-state index in [1.54, 1.807) is 30.3 Å². The molecule has 0 aliphatic carbocycles. The molecular formula is C15H15NO5. The van der Waals surface area contributed by atoms with Gasteiger partial charge < -0.3 is 20.6 Å². The second-order valence-corrected chi connectivity index (χ2v) is 4.71. The van der Waals surface area contributed by atoms with Gasteiger partial charge in [0.1, 0.15) is 5.75 Å². The lowest BCUT2D eigenvalue weighted by Crippen LogP contribution is -2.47. The van der Waals surface area contributed by atoms with Crippen LogP contribution in [0.3, 0.4) is 0 Å². The van der Waals surface area contributed by atoms with Gasteiger partial charge in [0, 0.05) is 5.39 Å². The van der Waals surface area contributed by atoms with Gasteiger partial charge in [0.2, 0.25) is 0 Å². The van der Waals surface area contributed by atoms with E-state index in [1.165, 1.54) is 13.0 Å². The van der Waals surface area contributed by atoms with Gasteiger partial charge in [-0.2, -0.15) is 0 Å². The van der Waals surface area contributed by atoms with Gasteiger partial charge in [-0.25, -0.2) is 4.79 Å². The third-order valence-electron chi connectivity index (χ3n) is 3.18. The summed E-state index contributed by atoms with van der Waals surface area (Å²) >= 11 is 0. The fraction of sp³-hybridized carbons (Fsp3) is 0.200. The summed E-state index contributed by atoms with van der Waals surface area (Å²) in [5, 5.41) is 31.9. The molecule has 0 radical (unpaired) electrons. The second-order valence-electron chi connectivity index (χ2n) is 4.71. The molecule has 2 atom stereocenters. The van der Waals surface area contributed by atoms with Gasteiger partial charge in [-0.15, -0.1) is 0 Å². The fourth-order valence-corrected chi connectivity index (χ4v) is 2.05. The SMILES string of the molecule is CC(O)C(NC(=O)c1ccc2ccccc2c1O)C(=O)O. The van der Waals surface area contributed by atoms with Crippen molar-refractivity contribution in [3.8, 4) is 5.75 Å². The lowest BCUT2D eigenvalue weighted by Gasteiger charge is -2.17. The van der Waals surface area contributed by atoms with E-state index in [1.807, 2.05) is 0 Å². The molecule has 110 valence electrons. The molecular weight excluding hydrogens is 274 g/mol. The smallest absolute Gasteiger partial charge is 0.328 e. The van der Waals surface area contributed by atoms with E-state index in [2.05, 4.69) is 5.32 Å². The summed E-state index contributed by atoms with van der Waals surface area (Å²) in [6.45, 7) is 1.26. The number of benzene rings is 2. The molecule has 0 aliphatic rings. The van der Waals surface area contributed by atoms with Crippen molar-refractivity contribution in [2.45, 2.75) is 19.1 Å². The van der Waals surface area contributed by atoms with Crippen molar-refractivity contribution in [3.63, 3.8) is 0 Å². The minimum atomic E-state index is -1.44. The molecule has 0 saturated carbocycles. The zero-order chi connectivity index (χ0) is 15.6. The Morgan fingerprint density at radius 1 is 1.14 bits per heavy atom. The first kappa shape index (κ1) is 14.8. The molecule has 21 heavy (non-hydrogen) atoms. The third-order valence-corrected chi connectivity index (χ3v) is 3.18. The normalized spacial score (nSPS) is 13.6. The third kappa shape index (κ3) is 2.95. The number of aliphatic hydroxyl groups is 1. The Morgan fingerprint density at radius 2 is 1.81 bits per heavy atom. The minimum Gasteiger partial charge on any atom is -0.506 e. The Balaban J connectivity index is 2.35. The van der Waals surface area contributed by atoms with Gasteiger partial charge in [-0.05, 0) is 18.4 Å². The summed E-state index contributed by atoms with van der Waals surface area (Å²) in [4.78, 5) is 23.1. The van der Waals surface area contributed by atoms with E-state index in [-0.39, 0.29) is 11.3 Å². The molecule has 0 heterocycles.